The number of morpholine rings is 1. The molecule has 0 bridgehead atoms. The van der Waals surface area contributed by atoms with Gasteiger partial charge in [-0.05, 0) is 18.8 Å². The summed E-state index contributed by atoms with van der Waals surface area (Å²) >= 11 is 0. The fourth-order valence-electron chi connectivity index (χ4n) is 4.40. The number of ether oxygens (including phenoxy) is 1. The predicted octanol–water partition coefficient (Wildman–Crippen LogP) is 1.64. The van der Waals surface area contributed by atoms with Crippen LogP contribution in [-0.4, -0.2) is 61.1 Å². The van der Waals surface area contributed by atoms with Crippen LogP contribution in [0.2, 0.25) is 0 Å². The fraction of sp³-hybridized carbons (Fsp3) is 0.882. The first-order valence-electron chi connectivity index (χ1n) is 8.72. The highest BCUT2D eigenvalue weighted by Crippen LogP contribution is 2.40. The number of rotatable bonds is 3. The SMILES string of the molecule is CC[C@H]1CN(C(=O)C2(C#N)CCCC2)C[C@H]1N1CCOCC1. The van der Waals surface area contributed by atoms with E-state index in [0.29, 0.717) is 12.0 Å². The summed E-state index contributed by atoms with van der Waals surface area (Å²) in [6.45, 7) is 7.34. The van der Waals surface area contributed by atoms with E-state index < -0.39 is 5.41 Å². The van der Waals surface area contributed by atoms with Gasteiger partial charge in [0, 0.05) is 32.2 Å². The summed E-state index contributed by atoms with van der Waals surface area (Å²) in [5.41, 5.74) is -0.724. The monoisotopic (exact) mass is 305 g/mol. The van der Waals surface area contributed by atoms with Gasteiger partial charge in [0.25, 0.3) is 0 Å². The number of carbonyl (C=O) groups excluding carboxylic acids is 1. The smallest absolute Gasteiger partial charge is 0.243 e. The van der Waals surface area contributed by atoms with Crippen LogP contribution < -0.4 is 0 Å². The minimum Gasteiger partial charge on any atom is -0.379 e. The number of nitrogens with zero attached hydrogens (tertiary/aromatic N) is 3. The molecule has 2 atom stereocenters. The van der Waals surface area contributed by atoms with Crippen LogP contribution in [0.4, 0.5) is 0 Å². The van der Waals surface area contributed by atoms with Crippen LogP contribution in [0, 0.1) is 22.7 Å². The number of amides is 1. The molecule has 2 aliphatic heterocycles. The number of hydrogen-bond acceptors (Lipinski definition) is 4. The summed E-state index contributed by atoms with van der Waals surface area (Å²) in [7, 11) is 0. The Morgan fingerprint density at radius 1 is 1.27 bits per heavy atom. The maximum absolute atomic E-state index is 13.0. The van der Waals surface area contributed by atoms with Gasteiger partial charge in [0.15, 0.2) is 0 Å². The summed E-state index contributed by atoms with van der Waals surface area (Å²) < 4.78 is 5.45. The summed E-state index contributed by atoms with van der Waals surface area (Å²) in [6, 6.07) is 2.80. The summed E-state index contributed by atoms with van der Waals surface area (Å²) in [5.74, 6) is 0.626. The summed E-state index contributed by atoms with van der Waals surface area (Å²) in [5, 5.41) is 9.56. The first-order chi connectivity index (χ1) is 10.7. The molecule has 5 heteroatoms. The number of hydrogen-bond donors (Lipinski definition) is 0. The first kappa shape index (κ1) is 15.8. The van der Waals surface area contributed by atoms with Gasteiger partial charge >= 0.3 is 0 Å². The number of carbonyl (C=O) groups is 1. The minimum absolute atomic E-state index is 0.0988. The molecule has 3 aliphatic rings. The zero-order valence-corrected chi connectivity index (χ0v) is 13.6. The van der Waals surface area contributed by atoms with E-state index in [4.69, 9.17) is 4.74 Å². The second-order valence-corrected chi connectivity index (χ2v) is 7.00. The molecule has 22 heavy (non-hydrogen) atoms. The topological polar surface area (TPSA) is 56.6 Å². The van der Waals surface area contributed by atoms with Crippen LogP contribution in [0.1, 0.15) is 39.0 Å². The molecular weight excluding hydrogens is 278 g/mol. The van der Waals surface area contributed by atoms with E-state index in [1.807, 2.05) is 4.90 Å². The summed E-state index contributed by atoms with van der Waals surface area (Å²) in [4.78, 5) is 17.4. The van der Waals surface area contributed by atoms with E-state index in [0.717, 1.165) is 71.5 Å². The zero-order chi connectivity index (χ0) is 15.6. The summed E-state index contributed by atoms with van der Waals surface area (Å²) in [6.07, 6.45) is 4.61. The molecule has 5 nitrogen and oxygen atoms in total. The van der Waals surface area contributed by atoms with E-state index in [1.54, 1.807) is 0 Å². The Bertz CT molecular complexity index is 447. The second-order valence-electron chi connectivity index (χ2n) is 7.00. The molecule has 0 unspecified atom stereocenters. The molecule has 3 fully saturated rings. The number of nitriles is 1. The average Bonchev–Trinajstić information content (AvgIpc) is 3.22. The zero-order valence-electron chi connectivity index (χ0n) is 13.6. The van der Waals surface area contributed by atoms with Crippen molar-refractivity contribution in [3.63, 3.8) is 0 Å². The van der Waals surface area contributed by atoms with E-state index in [-0.39, 0.29) is 5.91 Å². The molecule has 2 saturated heterocycles. The van der Waals surface area contributed by atoms with E-state index >= 15 is 0 Å². The second kappa shape index (κ2) is 6.55. The molecule has 122 valence electrons. The molecule has 0 N–H and O–H groups in total. The van der Waals surface area contributed by atoms with Gasteiger partial charge in [-0.15, -0.1) is 0 Å². The highest BCUT2D eigenvalue weighted by molar-refractivity contribution is 5.86. The van der Waals surface area contributed by atoms with Crippen molar-refractivity contribution in [1.82, 2.24) is 9.80 Å². The molecule has 2 heterocycles. The van der Waals surface area contributed by atoms with Crippen LogP contribution in [0.25, 0.3) is 0 Å². The van der Waals surface area contributed by atoms with Gasteiger partial charge < -0.3 is 9.64 Å². The lowest BCUT2D eigenvalue weighted by atomic mass is 9.86. The standard InChI is InChI=1S/C17H27N3O2/c1-2-14-11-20(12-15(14)19-7-9-22-10-8-19)16(21)17(13-18)5-3-4-6-17/h14-15H,2-12H2,1H3/t14-,15+/m0/s1. The maximum atomic E-state index is 13.0. The van der Waals surface area contributed by atoms with Gasteiger partial charge in [0.05, 0.1) is 19.3 Å². The van der Waals surface area contributed by atoms with Crippen molar-refractivity contribution in [3.05, 3.63) is 0 Å². The Morgan fingerprint density at radius 2 is 1.95 bits per heavy atom. The molecular formula is C17H27N3O2. The van der Waals surface area contributed by atoms with Gasteiger partial charge in [-0.25, -0.2) is 0 Å². The van der Waals surface area contributed by atoms with Crippen molar-refractivity contribution in [2.24, 2.45) is 11.3 Å². The van der Waals surface area contributed by atoms with Crippen molar-refractivity contribution < 1.29 is 9.53 Å². The Kier molecular flexibility index (Phi) is 4.70. The molecule has 3 rings (SSSR count). The maximum Gasteiger partial charge on any atom is 0.243 e. The molecule has 0 aromatic heterocycles. The van der Waals surface area contributed by atoms with Crippen molar-refractivity contribution in [2.75, 3.05) is 39.4 Å². The molecule has 0 aromatic carbocycles. The molecule has 0 radical (unpaired) electrons. The normalized spacial score (nSPS) is 32.1. The highest BCUT2D eigenvalue weighted by Gasteiger charge is 2.47. The Balaban J connectivity index is 1.70. The van der Waals surface area contributed by atoms with Crippen LogP contribution in [0.5, 0.6) is 0 Å². The van der Waals surface area contributed by atoms with Crippen molar-refractivity contribution in [1.29, 1.82) is 5.26 Å². The predicted molar refractivity (Wildman–Crippen MR) is 83.1 cm³/mol. The third-order valence-corrected chi connectivity index (χ3v) is 5.81. The van der Waals surface area contributed by atoms with E-state index in [2.05, 4.69) is 17.9 Å². The quantitative estimate of drug-likeness (QED) is 0.795. The Morgan fingerprint density at radius 3 is 2.55 bits per heavy atom. The van der Waals surface area contributed by atoms with Gasteiger partial charge in [0.2, 0.25) is 5.91 Å². The Labute approximate surface area is 133 Å². The van der Waals surface area contributed by atoms with Gasteiger partial charge in [0.1, 0.15) is 5.41 Å². The van der Waals surface area contributed by atoms with E-state index in [1.165, 1.54) is 0 Å². The van der Waals surface area contributed by atoms with Crippen LogP contribution >= 0.6 is 0 Å². The molecule has 1 aliphatic carbocycles. The minimum atomic E-state index is -0.724. The molecule has 1 amide bonds. The van der Waals surface area contributed by atoms with Gasteiger partial charge in [-0.2, -0.15) is 5.26 Å². The molecule has 1 saturated carbocycles. The first-order valence-corrected chi connectivity index (χ1v) is 8.72. The van der Waals surface area contributed by atoms with E-state index in [9.17, 15) is 10.1 Å². The van der Waals surface area contributed by atoms with Crippen LogP contribution in [-0.2, 0) is 9.53 Å². The van der Waals surface area contributed by atoms with Gasteiger partial charge in [-0.3, -0.25) is 9.69 Å². The van der Waals surface area contributed by atoms with Gasteiger partial charge in [-0.1, -0.05) is 26.2 Å². The lowest BCUT2D eigenvalue weighted by molar-refractivity contribution is -0.138. The van der Waals surface area contributed by atoms with Crippen molar-refractivity contribution in [3.8, 4) is 6.07 Å². The third-order valence-electron chi connectivity index (χ3n) is 5.81. The third kappa shape index (κ3) is 2.75. The Hall–Kier alpha value is -1.12. The van der Waals surface area contributed by atoms with Crippen molar-refractivity contribution in [2.45, 2.75) is 45.1 Å². The van der Waals surface area contributed by atoms with Crippen LogP contribution in [0.15, 0.2) is 0 Å². The lowest BCUT2D eigenvalue weighted by Gasteiger charge is -2.34. The van der Waals surface area contributed by atoms with Crippen molar-refractivity contribution >= 4 is 5.91 Å². The lowest BCUT2D eigenvalue weighted by Crippen LogP contribution is -2.48. The molecule has 0 aromatic rings. The average molecular weight is 305 g/mol. The van der Waals surface area contributed by atoms with Crippen LogP contribution in [0.3, 0.4) is 0 Å². The number of likely N-dealkylation sites (tertiary alicyclic amines) is 1. The fourth-order valence-corrected chi connectivity index (χ4v) is 4.40. The largest absolute Gasteiger partial charge is 0.379 e. The molecule has 0 spiro atoms. The highest BCUT2D eigenvalue weighted by atomic mass is 16.5.